The molecule has 0 fully saturated rings. The van der Waals surface area contributed by atoms with Gasteiger partial charge in [0.1, 0.15) is 6.10 Å². The van der Waals surface area contributed by atoms with Gasteiger partial charge in [-0.15, -0.1) is 0 Å². The van der Waals surface area contributed by atoms with E-state index in [0.717, 1.165) is 57.8 Å². The molecule has 42 heavy (non-hydrogen) atoms. The topological polar surface area (TPSA) is 63.6 Å². The van der Waals surface area contributed by atoms with Crippen molar-refractivity contribution in [2.24, 2.45) is 0 Å². The molecule has 0 aliphatic heterocycles. The molecule has 0 rings (SSSR count). The number of hydrogen-bond acceptors (Lipinski definition) is 3. The Kier molecular flexibility index (Phi) is 32.2. The minimum Gasteiger partial charge on any atom is -0.481 e. The monoisotopic (exact) mass is 589 g/mol. The lowest BCUT2D eigenvalue weighted by Crippen LogP contribution is -2.16. The number of unbranched alkanes of at least 4 members (excludes halogenated alkanes) is 19. The van der Waals surface area contributed by atoms with Gasteiger partial charge in [0, 0.05) is 12.8 Å². The first-order valence-corrected chi connectivity index (χ1v) is 18.0. The number of ether oxygens (including phenoxy) is 1. The quantitative estimate of drug-likeness (QED) is 0.0482. The molecular formula is C38H68O4. The molecule has 0 aliphatic rings. The van der Waals surface area contributed by atoms with Gasteiger partial charge in [0.05, 0.1) is 0 Å². The van der Waals surface area contributed by atoms with Crippen LogP contribution in [-0.2, 0) is 14.3 Å². The smallest absolute Gasteiger partial charge is 0.306 e. The number of aliphatic carboxylic acids is 1. The Morgan fingerprint density at radius 1 is 0.548 bits per heavy atom. The number of carbonyl (C=O) groups is 2. The van der Waals surface area contributed by atoms with E-state index in [0.29, 0.717) is 6.42 Å². The van der Waals surface area contributed by atoms with Crippen molar-refractivity contribution in [1.82, 2.24) is 0 Å². The molecule has 0 aliphatic carbocycles. The van der Waals surface area contributed by atoms with Crippen molar-refractivity contribution in [3.05, 3.63) is 36.5 Å². The van der Waals surface area contributed by atoms with Crippen LogP contribution in [0.25, 0.3) is 0 Å². The summed E-state index contributed by atoms with van der Waals surface area (Å²) in [4.78, 5) is 23.2. The summed E-state index contributed by atoms with van der Waals surface area (Å²) in [5, 5.41) is 8.80. The Morgan fingerprint density at radius 3 is 1.60 bits per heavy atom. The second-order valence-electron chi connectivity index (χ2n) is 12.0. The SMILES string of the molecule is CCCCC/C=C\C/C=C\CCCCCCCCCC(=O)OC(/C=C\CCCCCCCC)CCCCCCC(=O)O. The van der Waals surface area contributed by atoms with Crippen LogP contribution < -0.4 is 0 Å². The van der Waals surface area contributed by atoms with Crippen molar-refractivity contribution in [3.8, 4) is 0 Å². The molecule has 0 saturated carbocycles. The van der Waals surface area contributed by atoms with E-state index in [4.69, 9.17) is 9.84 Å². The third-order valence-corrected chi connectivity index (χ3v) is 7.82. The zero-order valence-electron chi connectivity index (χ0n) is 27.8. The Morgan fingerprint density at radius 2 is 1.00 bits per heavy atom. The molecule has 0 aromatic carbocycles. The van der Waals surface area contributed by atoms with Crippen LogP contribution in [0.3, 0.4) is 0 Å². The van der Waals surface area contributed by atoms with Gasteiger partial charge in [-0.1, -0.05) is 134 Å². The van der Waals surface area contributed by atoms with Crippen molar-refractivity contribution in [3.63, 3.8) is 0 Å². The molecule has 244 valence electrons. The van der Waals surface area contributed by atoms with E-state index in [1.165, 1.54) is 103 Å². The number of carboxylic acid groups (broad SMARTS) is 1. The first kappa shape index (κ1) is 40.2. The minimum atomic E-state index is -0.723. The van der Waals surface area contributed by atoms with Crippen LogP contribution in [0.2, 0.25) is 0 Å². The summed E-state index contributed by atoms with van der Waals surface area (Å²) < 4.78 is 5.85. The third kappa shape index (κ3) is 32.7. The van der Waals surface area contributed by atoms with E-state index in [1.807, 2.05) is 0 Å². The van der Waals surface area contributed by atoms with E-state index >= 15 is 0 Å². The fourth-order valence-corrected chi connectivity index (χ4v) is 5.12. The first-order valence-electron chi connectivity index (χ1n) is 18.0. The maximum atomic E-state index is 12.5. The summed E-state index contributed by atoms with van der Waals surface area (Å²) in [5.41, 5.74) is 0. The third-order valence-electron chi connectivity index (χ3n) is 7.82. The number of rotatable bonds is 32. The highest BCUT2D eigenvalue weighted by atomic mass is 16.5. The number of carbonyl (C=O) groups excluding carboxylic acids is 1. The summed E-state index contributed by atoms with van der Waals surface area (Å²) >= 11 is 0. The summed E-state index contributed by atoms with van der Waals surface area (Å²) in [6.07, 6.45) is 43.1. The average molecular weight is 589 g/mol. The van der Waals surface area contributed by atoms with E-state index < -0.39 is 5.97 Å². The van der Waals surface area contributed by atoms with Gasteiger partial charge in [0.25, 0.3) is 0 Å². The van der Waals surface area contributed by atoms with Crippen LogP contribution in [0.1, 0.15) is 187 Å². The number of allylic oxidation sites excluding steroid dienone is 5. The first-order chi connectivity index (χ1) is 20.6. The Bertz CT molecular complexity index is 679. The molecule has 0 aromatic rings. The molecule has 0 amide bonds. The molecule has 1 atom stereocenters. The number of carboxylic acids is 1. The summed E-state index contributed by atoms with van der Waals surface area (Å²) in [7, 11) is 0. The zero-order chi connectivity index (χ0) is 30.8. The van der Waals surface area contributed by atoms with Crippen LogP contribution in [-0.4, -0.2) is 23.1 Å². The van der Waals surface area contributed by atoms with Crippen molar-refractivity contribution >= 4 is 11.9 Å². The van der Waals surface area contributed by atoms with Crippen LogP contribution in [0.15, 0.2) is 36.5 Å². The molecule has 1 unspecified atom stereocenters. The number of hydrogen-bond donors (Lipinski definition) is 1. The van der Waals surface area contributed by atoms with E-state index in [2.05, 4.69) is 50.3 Å². The van der Waals surface area contributed by atoms with Crippen molar-refractivity contribution in [2.45, 2.75) is 193 Å². The highest BCUT2D eigenvalue weighted by Gasteiger charge is 2.11. The molecule has 4 heteroatoms. The van der Waals surface area contributed by atoms with Gasteiger partial charge in [-0.05, 0) is 76.7 Å². The van der Waals surface area contributed by atoms with Crippen LogP contribution in [0, 0.1) is 0 Å². The minimum absolute atomic E-state index is 0.0716. The lowest BCUT2D eigenvalue weighted by atomic mass is 10.1. The molecule has 4 nitrogen and oxygen atoms in total. The summed E-state index contributed by atoms with van der Waals surface area (Å²) in [6, 6.07) is 0. The molecule has 0 heterocycles. The van der Waals surface area contributed by atoms with Crippen LogP contribution in [0.5, 0.6) is 0 Å². The Hall–Kier alpha value is -1.84. The van der Waals surface area contributed by atoms with Gasteiger partial charge in [-0.3, -0.25) is 9.59 Å². The number of esters is 1. The lowest BCUT2D eigenvalue weighted by Gasteiger charge is -2.15. The Labute approximate surface area is 260 Å². The van der Waals surface area contributed by atoms with Crippen molar-refractivity contribution in [2.75, 3.05) is 0 Å². The van der Waals surface area contributed by atoms with Gasteiger partial charge >= 0.3 is 11.9 Å². The molecule has 0 spiro atoms. The summed E-state index contributed by atoms with van der Waals surface area (Å²) in [6.45, 7) is 4.49. The predicted octanol–water partition coefficient (Wildman–Crippen LogP) is 12.2. The molecule has 0 bridgehead atoms. The molecular weight excluding hydrogens is 520 g/mol. The van der Waals surface area contributed by atoms with E-state index in [-0.39, 0.29) is 18.5 Å². The average Bonchev–Trinajstić information content (AvgIpc) is 2.97. The van der Waals surface area contributed by atoms with Gasteiger partial charge in [-0.2, -0.15) is 0 Å². The largest absolute Gasteiger partial charge is 0.481 e. The Balaban J connectivity index is 3.99. The van der Waals surface area contributed by atoms with Crippen molar-refractivity contribution in [1.29, 1.82) is 0 Å². The van der Waals surface area contributed by atoms with E-state index in [1.54, 1.807) is 0 Å². The van der Waals surface area contributed by atoms with Crippen LogP contribution in [0.4, 0.5) is 0 Å². The van der Waals surface area contributed by atoms with Gasteiger partial charge in [0.2, 0.25) is 0 Å². The highest BCUT2D eigenvalue weighted by Crippen LogP contribution is 2.15. The van der Waals surface area contributed by atoms with Gasteiger partial charge in [0.15, 0.2) is 0 Å². The second kappa shape index (κ2) is 33.7. The fourth-order valence-electron chi connectivity index (χ4n) is 5.12. The molecule has 0 saturated heterocycles. The fraction of sp³-hybridized carbons (Fsp3) is 0.789. The van der Waals surface area contributed by atoms with Gasteiger partial charge < -0.3 is 9.84 Å². The predicted molar refractivity (Wildman–Crippen MR) is 181 cm³/mol. The van der Waals surface area contributed by atoms with Crippen molar-refractivity contribution < 1.29 is 19.4 Å². The van der Waals surface area contributed by atoms with Gasteiger partial charge in [-0.25, -0.2) is 0 Å². The maximum absolute atomic E-state index is 12.5. The summed E-state index contributed by atoms with van der Waals surface area (Å²) in [5.74, 6) is -0.795. The second-order valence-corrected chi connectivity index (χ2v) is 12.0. The molecule has 0 aromatic heterocycles. The van der Waals surface area contributed by atoms with E-state index in [9.17, 15) is 9.59 Å². The highest BCUT2D eigenvalue weighted by molar-refractivity contribution is 5.69. The maximum Gasteiger partial charge on any atom is 0.306 e. The molecule has 0 radical (unpaired) electrons. The zero-order valence-corrected chi connectivity index (χ0v) is 27.8. The standard InChI is InChI=1S/C38H68O4/c1-3-5-7-9-11-13-14-15-16-17-18-19-20-21-23-25-31-35-38(41)42-36(33-29-26-27-30-34-37(39)40)32-28-24-22-12-10-8-6-4-2/h11,13,15-16,28,32,36H,3-10,12,14,17-27,29-31,33-35H2,1-2H3,(H,39,40)/b13-11-,16-15-,32-28-. The molecule has 1 N–H and O–H groups in total. The normalized spacial score (nSPS) is 12.6. The lowest BCUT2D eigenvalue weighted by molar-refractivity contribution is -0.147. The van der Waals surface area contributed by atoms with Crippen LogP contribution >= 0.6 is 0 Å².